The molecule has 98 valence electrons. The van der Waals surface area contributed by atoms with Crippen LogP contribution in [0, 0.1) is 0 Å². The Hall–Kier alpha value is -1.39. The molecule has 0 saturated carbocycles. The Morgan fingerprint density at radius 1 is 1.39 bits per heavy atom. The molecule has 1 saturated heterocycles. The standard InChI is InChI=1S/C14H20N2O2/c17-14(11-18-13-7-4-8-15-10-13)16-9-12-5-2-1-3-6-12/h1-3,5-6,13,15H,4,7-11H2,(H,16,17)/t13-/m1/s1. The molecule has 0 unspecified atom stereocenters. The lowest BCUT2D eigenvalue weighted by molar-refractivity contribution is -0.128. The Kier molecular flexibility index (Phi) is 5.17. The fourth-order valence-corrected chi connectivity index (χ4v) is 2.00. The van der Waals surface area contributed by atoms with Gasteiger partial charge in [-0.3, -0.25) is 4.79 Å². The van der Waals surface area contributed by atoms with E-state index in [4.69, 9.17) is 4.74 Å². The van der Waals surface area contributed by atoms with Crippen LogP contribution in [0.4, 0.5) is 0 Å². The van der Waals surface area contributed by atoms with Gasteiger partial charge in [-0.2, -0.15) is 0 Å². The molecule has 1 fully saturated rings. The molecule has 4 nitrogen and oxygen atoms in total. The zero-order valence-corrected chi connectivity index (χ0v) is 10.5. The van der Waals surface area contributed by atoms with E-state index in [2.05, 4.69) is 10.6 Å². The van der Waals surface area contributed by atoms with Crippen molar-refractivity contribution in [3.05, 3.63) is 35.9 Å². The van der Waals surface area contributed by atoms with E-state index in [-0.39, 0.29) is 18.6 Å². The SMILES string of the molecule is O=C(CO[C@@H]1CCCNC1)NCc1ccccc1. The Labute approximate surface area is 108 Å². The molecule has 2 rings (SSSR count). The van der Waals surface area contributed by atoms with Crippen LogP contribution in [0.3, 0.4) is 0 Å². The smallest absolute Gasteiger partial charge is 0.246 e. The van der Waals surface area contributed by atoms with Gasteiger partial charge in [-0.25, -0.2) is 0 Å². The van der Waals surface area contributed by atoms with Crippen LogP contribution in [0.2, 0.25) is 0 Å². The van der Waals surface area contributed by atoms with Crippen molar-refractivity contribution in [1.82, 2.24) is 10.6 Å². The molecular weight excluding hydrogens is 228 g/mol. The maximum atomic E-state index is 11.6. The summed E-state index contributed by atoms with van der Waals surface area (Å²) in [7, 11) is 0. The van der Waals surface area contributed by atoms with Gasteiger partial charge in [-0.05, 0) is 24.9 Å². The number of rotatable bonds is 5. The third kappa shape index (κ3) is 4.47. The van der Waals surface area contributed by atoms with Gasteiger partial charge in [-0.15, -0.1) is 0 Å². The molecule has 1 atom stereocenters. The largest absolute Gasteiger partial charge is 0.367 e. The minimum atomic E-state index is -0.0515. The summed E-state index contributed by atoms with van der Waals surface area (Å²) in [6, 6.07) is 9.88. The summed E-state index contributed by atoms with van der Waals surface area (Å²) in [4.78, 5) is 11.6. The monoisotopic (exact) mass is 248 g/mol. The van der Waals surface area contributed by atoms with Gasteiger partial charge in [0.05, 0.1) is 6.10 Å². The van der Waals surface area contributed by atoms with Crippen LogP contribution in [-0.2, 0) is 16.1 Å². The van der Waals surface area contributed by atoms with Gasteiger partial charge in [0.25, 0.3) is 0 Å². The number of piperidine rings is 1. The van der Waals surface area contributed by atoms with Crippen molar-refractivity contribution in [3.8, 4) is 0 Å². The number of amides is 1. The Bertz CT molecular complexity index is 361. The van der Waals surface area contributed by atoms with E-state index in [1.807, 2.05) is 30.3 Å². The van der Waals surface area contributed by atoms with Crippen LogP contribution in [0.1, 0.15) is 18.4 Å². The summed E-state index contributed by atoms with van der Waals surface area (Å²) < 4.78 is 5.56. The summed E-state index contributed by atoms with van der Waals surface area (Å²) in [5, 5.41) is 6.11. The first-order chi connectivity index (χ1) is 8.84. The average molecular weight is 248 g/mol. The number of hydrogen-bond acceptors (Lipinski definition) is 3. The number of benzene rings is 1. The quantitative estimate of drug-likeness (QED) is 0.819. The minimum Gasteiger partial charge on any atom is -0.367 e. The molecule has 0 bridgehead atoms. The number of carbonyl (C=O) groups is 1. The lowest BCUT2D eigenvalue weighted by Gasteiger charge is -2.22. The molecule has 0 spiro atoms. The Morgan fingerprint density at radius 2 is 2.22 bits per heavy atom. The predicted molar refractivity (Wildman–Crippen MR) is 70.1 cm³/mol. The normalized spacial score (nSPS) is 19.4. The van der Waals surface area contributed by atoms with Crippen molar-refractivity contribution < 1.29 is 9.53 Å². The highest BCUT2D eigenvalue weighted by atomic mass is 16.5. The molecule has 1 amide bonds. The van der Waals surface area contributed by atoms with Crippen molar-refractivity contribution >= 4 is 5.91 Å². The van der Waals surface area contributed by atoms with E-state index >= 15 is 0 Å². The molecule has 1 aromatic carbocycles. The lowest BCUT2D eigenvalue weighted by Crippen LogP contribution is -2.38. The second-order valence-corrected chi connectivity index (χ2v) is 4.54. The van der Waals surface area contributed by atoms with Crippen molar-refractivity contribution in [1.29, 1.82) is 0 Å². The Balaban J connectivity index is 1.63. The highest BCUT2D eigenvalue weighted by Gasteiger charge is 2.14. The maximum absolute atomic E-state index is 11.6. The molecule has 18 heavy (non-hydrogen) atoms. The second-order valence-electron chi connectivity index (χ2n) is 4.54. The van der Waals surface area contributed by atoms with Gasteiger partial charge in [0, 0.05) is 13.1 Å². The van der Waals surface area contributed by atoms with E-state index in [1.54, 1.807) is 0 Å². The van der Waals surface area contributed by atoms with E-state index in [0.29, 0.717) is 6.54 Å². The maximum Gasteiger partial charge on any atom is 0.246 e. The fourth-order valence-electron chi connectivity index (χ4n) is 2.00. The summed E-state index contributed by atoms with van der Waals surface area (Å²) in [5.41, 5.74) is 1.10. The second kappa shape index (κ2) is 7.13. The molecule has 4 heteroatoms. The van der Waals surface area contributed by atoms with Gasteiger partial charge >= 0.3 is 0 Å². The average Bonchev–Trinajstić information content (AvgIpc) is 2.45. The molecular formula is C14H20N2O2. The van der Waals surface area contributed by atoms with E-state index in [9.17, 15) is 4.79 Å². The van der Waals surface area contributed by atoms with Crippen molar-refractivity contribution in [2.45, 2.75) is 25.5 Å². The minimum absolute atomic E-state index is 0.0515. The van der Waals surface area contributed by atoms with Crippen LogP contribution in [0.5, 0.6) is 0 Å². The third-order valence-electron chi connectivity index (χ3n) is 3.03. The number of carbonyl (C=O) groups excluding carboxylic acids is 1. The first-order valence-electron chi connectivity index (χ1n) is 6.47. The first-order valence-corrected chi connectivity index (χ1v) is 6.47. The van der Waals surface area contributed by atoms with Crippen LogP contribution >= 0.6 is 0 Å². The fraction of sp³-hybridized carbons (Fsp3) is 0.500. The molecule has 0 aromatic heterocycles. The molecule has 0 radical (unpaired) electrons. The summed E-state index contributed by atoms with van der Waals surface area (Å²) in [6.45, 7) is 2.62. The van der Waals surface area contributed by atoms with Gasteiger partial charge in [0.15, 0.2) is 0 Å². The molecule has 1 heterocycles. The van der Waals surface area contributed by atoms with Gasteiger partial charge < -0.3 is 15.4 Å². The Morgan fingerprint density at radius 3 is 2.94 bits per heavy atom. The van der Waals surface area contributed by atoms with Crippen molar-refractivity contribution in [3.63, 3.8) is 0 Å². The zero-order chi connectivity index (χ0) is 12.6. The summed E-state index contributed by atoms with van der Waals surface area (Å²) in [6.07, 6.45) is 2.34. The molecule has 2 N–H and O–H groups in total. The van der Waals surface area contributed by atoms with Gasteiger partial charge in [0.1, 0.15) is 6.61 Å². The predicted octanol–water partition coefficient (Wildman–Crippen LogP) is 1.07. The van der Waals surface area contributed by atoms with Crippen LogP contribution in [0.15, 0.2) is 30.3 Å². The third-order valence-corrected chi connectivity index (χ3v) is 3.03. The molecule has 1 aliphatic heterocycles. The van der Waals surface area contributed by atoms with Gasteiger partial charge in [0.2, 0.25) is 5.91 Å². The van der Waals surface area contributed by atoms with E-state index < -0.39 is 0 Å². The van der Waals surface area contributed by atoms with E-state index in [0.717, 1.165) is 31.5 Å². The molecule has 0 aliphatic carbocycles. The number of ether oxygens (including phenoxy) is 1. The van der Waals surface area contributed by atoms with Crippen molar-refractivity contribution in [2.24, 2.45) is 0 Å². The van der Waals surface area contributed by atoms with E-state index in [1.165, 1.54) is 0 Å². The van der Waals surface area contributed by atoms with Crippen LogP contribution in [-0.4, -0.2) is 31.7 Å². The zero-order valence-electron chi connectivity index (χ0n) is 10.5. The first kappa shape index (κ1) is 13.1. The topological polar surface area (TPSA) is 50.4 Å². The van der Waals surface area contributed by atoms with Crippen LogP contribution in [0.25, 0.3) is 0 Å². The summed E-state index contributed by atoms with van der Waals surface area (Å²) in [5.74, 6) is -0.0515. The molecule has 1 aromatic rings. The molecule has 1 aliphatic rings. The lowest BCUT2D eigenvalue weighted by atomic mass is 10.1. The highest BCUT2D eigenvalue weighted by Crippen LogP contribution is 2.05. The summed E-state index contributed by atoms with van der Waals surface area (Å²) >= 11 is 0. The van der Waals surface area contributed by atoms with Crippen LogP contribution < -0.4 is 10.6 Å². The highest BCUT2D eigenvalue weighted by molar-refractivity contribution is 5.77. The van der Waals surface area contributed by atoms with Crippen molar-refractivity contribution in [2.75, 3.05) is 19.7 Å². The van der Waals surface area contributed by atoms with Gasteiger partial charge in [-0.1, -0.05) is 30.3 Å². The number of nitrogens with one attached hydrogen (secondary N) is 2. The number of hydrogen-bond donors (Lipinski definition) is 2.